The highest BCUT2D eigenvalue weighted by Crippen LogP contribution is 2.39. The van der Waals surface area contributed by atoms with Crippen LogP contribution in [0.1, 0.15) is 28.9 Å². The van der Waals surface area contributed by atoms with E-state index >= 15 is 0 Å². The molecular formula is C19H21N3O2. The highest BCUT2D eigenvalue weighted by Gasteiger charge is 2.42. The maximum Gasteiger partial charge on any atom is 0.269 e. The molecule has 5 nitrogen and oxygen atoms in total. The normalized spacial score (nSPS) is 22.1. The summed E-state index contributed by atoms with van der Waals surface area (Å²) in [6, 6.07) is 12.1. The molecule has 24 heavy (non-hydrogen) atoms. The van der Waals surface area contributed by atoms with Gasteiger partial charge in [0.15, 0.2) is 0 Å². The van der Waals surface area contributed by atoms with Crippen LogP contribution < -0.4 is 15.0 Å². The van der Waals surface area contributed by atoms with Gasteiger partial charge in [0.05, 0.1) is 6.54 Å². The number of ether oxygens (including phenoxy) is 1. The zero-order valence-corrected chi connectivity index (χ0v) is 13.8. The Morgan fingerprint density at radius 1 is 1.29 bits per heavy atom. The predicted octanol–water partition coefficient (Wildman–Crippen LogP) is 2.42. The molecule has 3 heterocycles. The summed E-state index contributed by atoms with van der Waals surface area (Å²) in [5.41, 5.74) is 2.66. The fourth-order valence-corrected chi connectivity index (χ4v) is 3.68. The van der Waals surface area contributed by atoms with E-state index in [4.69, 9.17) is 4.74 Å². The monoisotopic (exact) mass is 323 g/mol. The van der Waals surface area contributed by atoms with Crippen molar-refractivity contribution in [3.8, 4) is 5.75 Å². The molecule has 5 heteroatoms. The molecule has 124 valence electrons. The topological polar surface area (TPSA) is 54.5 Å². The smallest absolute Gasteiger partial charge is 0.269 e. The van der Waals surface area contributed by atoms with Crippen LogP contribution in [0.2, 0.25) is 0 Å². The number of anilines is 1. The fraction of sp³-hybridized carbons (Fsp3) is 0.368. The SMILES string of the molecule is CNC(=O)c1cc(N2CCC3(CCc4ccccc4O3)C2)ccn1. The molecule has 2 aliphatic rings. The lowest BCUT2D eigenvalue weighted by Gasteiger charge is -2.35. The number of amides is 1. The van der Waals surface area contributed by atoms with Gasteiger partial charge < -0.3 is 15.0 Å². The van der Waals surface area contributed by atoms with E-state index in [0.717, 1.165) is 43.8 Å². The Kier molecular flexibility index (Phi) is 3.63. The molecule has 1 fully saturated rings. The molecule has 1 N–H and O–H groups in total. The maximum absolute atomic E-state index is 11.8. The van der Waals surface area contributed by atoms with Crippen molar-refractivity contribution in [1.29, 1.82) is 0 Å². The van der Waals surface area contributed by atoms with Gasteiger partial charge in [0.25, 0.3) is 5.91 Å². The van der Waals surface area contributed by atoms with Crippen LogP contribution in [0.3, 0.4) is 0 Å². The van der Waals surface area contributed by atoms with Crippen molar-refractivity contribution < 1.29 is 9.53 Å². The number of nitrogens with zero attached hydrogens (tertiary/aromatic N) is 2. The van der Waals surface area contributed by atoms with Crippen LogP contribution in [0.25, 0.3) is 0 Å². The Hall–Kier alpha value is -2.56. The van der Waals surface area contributed by atoms with Crippen molar-refractivity contribution in [1.82, 2.24) is 10.3 Å². The quantitative estimate of drug-likeness (QED) is 0.922. The number of benzene rings is 1. The molecule has 4 rings (SSSR count). The van der Waals surface area contributed by atoms with Crippen molar-refractivity contribution >= 4 is 11.6 Å². The summed E-state index contributed by atoms with van der Waals surface area (Å²) in [5, 5.41) is 2.62. The van der Waals surface area contributed by atoms with E-state index in [-0.39, 0.29) is 11.5 Å². The first-order valence-electron chi connectivity index (χ1n) is 8.39. The molecule has 1 aromatic heterocycles. The zero-order valence-electron chi connectivity index (χ0n) is 13.8. The molecule has 1 unspecified atom stereocenters. The first-order chi connectivity index (χ1) is 11.7. The number of hydrogen-bond donors (Lipinski definition) is 1. The second kappa shape index (κ2) is 5.82. The highest BCUT2D eigenvalue weighted by molar-refractivity contribution is 5.92. The van der Waals surface area contributed by atoms with Crippen LogP contribution in [0.15, 0.2) is 42.6 Å². The molecule has 0 saturated carbocycles. The van der Waals surface area contributed by atoms with Crippen molar-refractivity contribution in [2.75, 3.05) is 25.0 Å². The van der Waals surface area contributed by atoms with Gasteiger partial charge in [0.2, 0.25) is 0 Å². The third kappa shape index (κ3) is 2.60. The van der Waals surface area contributed by atoms with E-state index in [1.165, 1.54) is 5.56 Å². The summed E-state index contributed by atoms with van der Waals surface area (Å²) < 4.78 is 6.39. The van der Waals surface area contributed by atoms with Crippen molar-refractivity contribution in [3.63, 3.8) is 0 Å². The molecule has 1 spiro atoms. The number of aryl methyl sites for hydroxylation is 1. The number of hydrogen-bond acceptors (Lipinski definition) is 4. The van der Waals surface area contributed by atoms with E-state index in [1.807, 2.05) is 18.2 Å². The molecule has 1 saturated heterocycles. The minimum atomic E-state index is -0.159. The molecular weight excluding hydrogens is 302 g/mol. The van der Waals surface area contributed by atoms with Gasteiger partial charge in [-0.1, -0.05) is 18.2 Å². The van der Waals surface area contributed by atoms with Gasteiger partial charge in [-0.15, -0.1) is 0 Å². The third-order valence-corrected chi connectivity index (χ3v) is 5.03. The lowest BCUT2D eigenvalue weighted by Crippen LogP contribution is -2.42. The second-order valence-electron chi connectivity index (χ2n) is 6.54. The summed E-state index contributed by atoms with van der Waals surface area (Å²) in [7, 11) is 1.62. The zero-order chi connectivity index (χ0) is 16.6. The molecule has 2 aliphatic heterocycles. The lowest BCUT2D eigenvalue weighted by atomic mass is 9.90. The fourth-order valence-electron chi connectivity index (χ4n) is 3.68. The van der Waals surface area contributed by atoms with E-state index in [0.29, 0.717) is 5.69 Å². The minimum Gasteiger partial charge on any atom is -0.485 e. The third-order valence-electron chi connectivity index (χ3n) is 5.03. The van der Waals surface area contributed by atoms with Crippen LogP contribution in [0.5, 0.6) is 5.75 Å². The van der Waals surface area contributed by atoms with Crippen LogP contribution in [0, 0.1) is 0 Å². The van der Waals surface area contributed by atoms with Crippen LogP contribution in [0.4, 0.5) is 5.69 Å². The summed E-state index contributed by atoms with van der Waals surface area (Å²) in [6.07, 6.45) is 4.79. The van der Waals surface area contributed by atoms with Gasteiger partial charge in [-0.05, 0) is 36.6 Å². The Labute approximate surface area is 141 Å². The molecule has 0 bridgehead atoms. The molecule has 1 atom stereocenters. The summed E-state index contributed by atoms with van der Waals surface area (Å²) in [6.45, 7) is 1.78. The second-order valence-corrected chi connectivity index (χ2v) is 6.54. The van der Waals surface area contributed by atoms with Gasteiger partial charge in [-0.3, -0.25) is 9.78 Å². The van der Waals surface area contributed by atoms with Crippen molar-refractivity contribution in [3.05, 3.63) is 53.9 Å². The summed E-state index contributed by atoms with van der Waals surface area (Å²) in [4.78, 5) is 18.2. The van der Waals surface area contributed by atoms with Gasteiger partial charge in [-0.2, -0.15) is 0 Å². The minimum absolute atomic E-state index is 0.120. The molecule has 0 radical (unpaired) electrons. The van der Waals surface area contributed by atoms with Gasteiger partial charge >= 0.3 is 0 Å². The number of pyridine rings is 1. The Balaban J connectivity index is 1.54. The number of nitrogens with one attached hydrogen (secondary N) is 1. The van der Waals surface area contributed by atoms with Gasteiger partial charge in [0, 0.05) is 31.9 Å². The highest BCUT2D eigenvalue weighted by atomic mass is 16.5. The number of aromatic nitrogens is 1. The van der Waals surface area contributed by atoms with Crippen LogP contribution >= 0.6 is 0 Å². The average Bonchev–Trinajstić information content (AvgIpc) is 3.04. The molecule has 1 aromatic carbocycles. The average molecular weight is 323 g/mol. The first kappa shape index (κ1) is 15.0. The molecule has 2 aromatic rings. The number of fused-ring (bicyclic) bond motifs is 1. The van der Waals surface area contributed by atoms with E-state index in [9.17, 15) is 4.79 Å². The van der Waals surface area contributed by atoms with E-state index in [2.05, 4.69) is 33.4 Å². The molecule has 0 aliphatic carbocycles. The Morgan fingerprint density at radius 2 is 2.17 bits per heavy atom. The number of carbonyl (C=O) groups excluding carboxylic acids is 1. The van der Waals surface area contributed by atoms with E-state index in [1.54, 1.807) is 13.2 Å². The van der Waals surface area contributed by atoms with E-state index < -0.39 is 0 Å². The van der Waals surface area contributed by atoms with Gasteiger partial charge in [-0.25, -0.2) is 0 Å². The number of rotatable bonds is 2. The standard InChI is InChI=1S/C19H21N3O2/c1-20-18(23)16-12-15(7-10-21-16)22-11-9-19(13-22)8-6-14-4-2-3-5-17(14)24-19/h2-5,7,10,12H,6,8-9,11,13H2,1H3,(H,20,23). The molecule has 1 amide bonds. The summed E-state index contributed by atoms with van der Waals surface area (Å²) in [5.74, 6) is 0.861. The first-order valence-corrected chi connectivity index (χ1v) is 8.39. The predicted molar refractivity (Wildman–Crippen MR) is 92.6 cm³/mol. The largest absolute Gasteiger partial charge is 0.485 e. The maximum atomic E-state index is 11.8. The Morgan fingerprint density at radius 3 is 3.04 bits per heavy atom. The van der Waals surface area contributed by atoms with Gasteiger partial charge in [0.1, 0.15) is 17.0 Å². The van der Waals surface area contributed by atoms with Crippen molar-refractivity contribution in [2.45, 2.75) is 24.9 Å². The van der Waals surface area contributed by atoms with Crippen molar-refractivity contribution in [2.24, 2.45) is 0 Å². The summed E-state index contributed by atoms with van der Waals surface area (Å²) >= 11 is 0. The van der Waals surface area contributed by atoms with Crippen LogP contribution in [-0.2, 0) is 6.42 Å². The lowest BCUT2D eigenvalue weighted by molar-refractivity contribution is 0.0682. The Bertz CT molecular complexity index is 777. The number of para-hydroxylation sites is 1. The number of carbonyl (C=O) groups is 1. The van der Waals surface area contributed by atoms with Crippen LogP contribution in [-0.4, -0.2) is 36.6 Å².